The summed E-state index contributed by atoms with van der Waals surface area (Å²) in [7, 11) is 0. The van der Waals surface area contributed by atoms with Crippen molar-refractivity contribution in [2.45, 2.75) is 33.2 Å². The number of halogens is 1. The fourth-order valence-electron chi connectivity index (χ4n) is 1.73. The molecule has 0 spiro atoms. The first-order valence-corrected chi connectivity index (χ1v) is 6.97. The molecule has 1 aromatic carbocycles. The third kappa shape index (κ3) is 3.06. The van der Waals surface area contributed by atoms with Crippen LogP contribution in [-0.2, 0) is 19.4 Å². The molecular weight excluding hydrogens is 325 g/mol. The fraction of sp³-hybridized carbons (Fsp3) is 0.385. The highest BCUT2D eigenvalue weighted by Crippen LogP contribution is 2.10. The molecule has 90 valence electrons. The van der Waals surface area contributed by atoms with Crippen LogP contribution in [0.3, 0.4) is 0 Å². The lowest BCUT2D eigenvalue weighted by atomic mass is 10.2. The van der Waals surface area contributed by atoms with Gasteiger partial charge < -0.3 is 0 Å². The average Bonchev–Trinajstić information content (AvgIpc) is 2.74. The van der Waals surface area contributed by atoms with Gasteiger partial charge in [0.1, 0.15) is 5.82 Å². The molecular formula is C13H16IN3. The van der Waals surface area contributed by atoms with Crippen molar-refractivity contribution in [3.8, 4) is 0 Å². The van der Waals surface area contributed by atoms with Gasteiger partial charge in [0.15, 0.2) is 5.82 Å². The Morgan fingerprint density at radius 2 is 1.82 bits per heavy atom. The molecule has 0 unspecified atom stereocenters. The van der Waals surface area contributed by atoms with E-state index in [4.69, 9.17) is 0 Å². The molecule has 0 saturated heterocycles. The summed E-state index contributed by atoms with van der Waals surface area (Å²) in [5.41, 5.74) is 1.27. The molecule has 3 nitrogen and oxygen atoms in total. The third-order valence-electron chi connectivity index (χ3n) is 2.67. The normalized spacial score (nSPS) is 10.8. The van der Waals surface area contributed by atoms with Crippen LogP contribution in [0, 0.1) is 3.57 Å². The molecule has 0 N–H and O–H groups in total. The summed E-state index contributed by atoms with van der Waals surface area (Å²) in [6.07, 6.45) is 1.82. The molecule has 4 heteroatoms. The smallest absolute Gasteiger partial charge is 0.150 e. The van der Waals surface area contributed by atoms with E-state index < -0.39 is 0 Å². The monoisotopic (exact) mass is 341 g/mol. The van der Waals surface area contributed by atoms with Crippen molar-refractivity contribution >= 4 is 22.6 Å². The lowest BCUT2D eigenvalue weighted by Crippen LogP contribution is -2.06. The van der Waals surface area contributed by atoms with Gasteiger partial charge in [-0.3, -0.25) is 0 Å². The summed E-state index contributed by atoms with van der Waals surface area (Å²) in [6, 6.07) is 8.54. The predicted molar refractivity (Wildman–Crippen MR) is 77.0 cm³/mol. The molecule has 1 aromatic heterocycles. The van der Waals surface area contributed by atoms with Crippen LogP contribution in [0.5, 0.6) is 0 Å². The van der Waals surface area contributed by atoms with Gasteiger partial charge in [-0.1, -0.05) is 26.0 Å². The van der Waals surface area contributed by atoms with Crippen molar-refractivity contribution in [2.75, 3.05) is 0 Å². The van der Waals surface area contributed by atoms with Gasteiger partial charge in [0.25, 0.3) is 0 Å². The van der Waals surface area contributed by atoms with E-state index in [1.165, 1.54) is 9.13 Å². The summed E-state index contributed by atoms with van der Waals surface area (Å²) in [5.74, 6) is 2.01. The van der Waals surface area contributed by atoms with Crippen LogP contribution >= 0.6 is 22.6 Å². The van der Waals surface area contributed by atoms with Crippen molar-refractivity contribution < 1.29 is 0 Å². The Kier molecular flexibility index (Phi) is 4.15. The molecule has 0 aliphatic carbocycles. The summed E-state index contributed by atoms with van der Waals surface area (Å²) in [5, 5.41) is 4.52. The van der Waals surface area contributed by atoms with Gasteiger partial charge in [0.05, 0.1) is 6.54 Å². The van der Waals surface area contributed by atoms with E-state index in [0.29, 0.717) is 0 Å². The van der Waals surface area contributed by atoms with Crippen LogP contribution < -0.4 is 0 Å². The number of nitrogens with zero attached hydrogens (tertiary/aromatic N) is 3. The van der Waals surface area contributed by atoms with Crippen molar-refractivity contribution in [2.24, 2.45) is 0 Å². The number of benzene rings is 1. The minimum atomic E-state index is 0.813. The second kappa shape index (κ2) is 5.62. The molecule has 0 amide bonds. The summed E-state index contributed by atoms with van der Waals surface area (Å²) < 4.78 is 3.27. The predicted octanol–water partition coefficient (Wildman–Crippen LogP) is 3.06. The zero-order valence-corrected chi connectivity index (χ0v) is 12.3. The molecule has 0 radical (unpaired) electrons. The number of hydrogen-bond donors (Lipinski definition) is 0. The zero-order chi connectivity index (χ0) is 12.3. The second-order valence-electron chi connectivity index (χ2n) is 3.94. The van der Waals surface area contributed by atoms with Gasteiger partial charge >= 0.3 is 0 Å². The minimum absolute atomic E-state index is 0.813. The van der Waals surface area contributed by atoms with Crippen molar-refractivity contribution in [3.05, 3.63) is 45.0 Å². The van der Waals surface area contributed by atoms with E-state index >= 15 is 0 Å². The van der Waals surface area contributed by atoms with Gasteiger partial charge in [-0.05, 0) is 40.3 Å². The lowest BCUT2D eigenvalue weighted by molar-refractivity contribution is 0.637. The zero-order valence-electron chi connectivity index (χ0n) is 10.2. The minimum Gasteiger partial charge on any atom is -0.245 e. The van der Waals surface area contributed by atoms with E-state index in [-0.39, 0.29) is 0 Å². The maximum Gasteiger partial charge on any atom is 0.150 e. The highest BCUT2D eigenvalue weighted by Gasteiger charge is 2.07. The average molecular weight is 341 g/mol. The van der Waals surface area contributed by atoms with E-state index in [1.54, 1.807) is 0 Å². The lowest BCUT2D eigenvalue weighted by Gasteiger charge is -2.04. The fourth-order valence-corrected chi connectivity index (χ4v) is 2.09. The standard InChI is InChI=1S/C13H16IN3/c1-3-12-15-13(4-2)17(16-12)9-10-5-7-11(14)8-6-10/h5-8H,3-4,9H2,1-2H3. The van der Waals surface area contributed by atoms with Crippen molar-refractivity contribution in [3.63, 3.8) is 0 Å². The molecule has 0 saturated carbocycles. The number of rotatable bonds is 4. The topological polar surface area (TPSA) is 30.7 Å². The Morgan fingerprint density at radius 3 is 2.41 bits per heavy atom. The number of aromatic nitrogens is 3. The van der Waals surface area contributed by atoms with Crippen molar-refractivity contribution in [1.82, 2.24) is 14.8 Å². The van der Waals surface area contributed by atoms with E-state index in [9.17, 15) is 0 Å². The summed E-state index contributed by atoms with van der Waals surface area (Å²) in [6.45, 7) is 5.02. The van der Waals surface area contributed by atoms with Crippen molar-refractivity contribution in [1.29, 1.82) is 0 Å². The molecule has 17 heavy (non-hydrogen) atoms. The van der Waals surface area contributed by atoms with Gasteiger partial charge in [0, 0.05) is 16.4 Å². The Labute approximate surface area is 115 Å². The Hall–Kier alpha value is -0.910. The molecule has 1 heterocycles. The van der Waals surface area contributed by atoms with E-state index in [1.807, 2.05) is 4.68 Å². The van der Waals surface area contributed by atoms with Crippen LogP contribution in [-0.4, -0.2) is 14.8 Å². The molecule has 0 atom stereocenters. The van der Waals surface area contributed by atoms with Crippen LogP contribution in [0.25, 0.3) is 0 Å². The molecule has 0 fully saturated rings. The number of hydrogen-bond acceptors (Lipinski definition) is 2. The van der Waals surface area contributed by atoms with Crippen LogP contribution in [0.15, 0.2) is 24.3 Å². The van der Waals surface area contributed by atoms with Crippen LogP contribution in [0.2, 0.25) is 0 Å². The maximum atomic E-state index is 4.52. The first-order valence-electron chi connectivity index (χ1n) is 5.90. The maximum absolute atomic E-state index is 4.52. The highest BCUT2D eigenvalue weighted by molar-refractivity contribution is 14.1. The third-order valence-corrected chi connectivity index (χ3v) is 3.39. The second-order valence-corrected chi connectivity index (χ2v) is 5.18. The largest absolute Gasteiger partial charge is 0.245 e. The Bertz CT molecular complexity index is 488. The highest BCUT2D eigenvalue weighted by atomic mass is 127. The van der Waals surface area contributed by atoms with E-state index in [0.717, 1.165) is 31.0 Å². The SMILES string of the molecule is CCc1nc(CC)n(Cc2ccc(I)cc2)n1. The summed E-state index contributed by atoms with van der Waals surface area (Å²) >= 11 is 2.32. The molecule has 0 aliphatic heterocycles. The quantitative estimate of drug-likeness (QED) is 0.801. The molecule has 0 aliphatic rings. The van der Waals surface area contributed by atoms with Gasteiger partial charge in [-0.2, -0.15) is 5.10 Å². The molecule has 2 rings (SSSR count). The van der Waals surface area contributed by atoms with E-state index in [2.05, 4.69) is 70.8 Å². The first-order chi connectivity index (χ1) is 8.22. The Morgan fingerprint density at radius 1 is 1.12 bits per heavy atom. The van der Waals surface area contributed by atoms with Crippen LogP contribution in [0.1, 0.15) is 31.1 Å². The number of aryl methyl sites for hydroxylation is 2. The molecule has 2 aromatic rings. The van der Waals surface area contributed by atoms with Crippen LogP contribution in [0.4, 0.5) is 0 Å². The van der Waals surface area contributed by atoms with Gasteiger partial charge in [-0.25, -0.2) is 9.67 Å². The van der Waals surface area contributed by atoms with Gasteiger partial charge in [-0.15, -0.1) is 0 Å². The first kappa shape index (κ1) is 12.5. The summed E-state index contributed by atoms with van der Waals surface area (Å²) in [4.78, 5) is 4.51. The Balaban J connectivity index is 2.22. The van der Waals surface area contributed by atoms with Gasteiger partial charge in [0.2, 0.25) is 0 Å². The molecule has 0 bridgehead atoms.